The topological polar surface area (TPSA) is 63.6 Å². The molecule has 0 fully saturated rings. The van der Waals surface area contributed by atoms with Crippen LogP contribution in [0, 0.1) is 0 Å². The summed E-state index contributed by atoms with van der Waals surface area (Å²) in [6, 6.07) is 7.55. The Morgan fingerprint density at radius 3 is 2.12 bits per heavy atom. The van der Waals surface area contributed by atoms with E-state index in [4.69, 9.17) is 5.11 Å². The molecule has 0 aliphatic carbocycles. The van der Waals surface area contributed by atoms with E-state index in [9.17, 15) is 9.59 Å². The molecular weight excluding hydrogens is 220 g/mol. The predicted octanol–water partition coefficient (Wildman–Crippen LogP) is 2.11. The van der Waals surface area contributed by atoms with Crippen LogP contribution in [0.15, 0.2) is 24.3 Å². The third-order valence-electron chi connectivity index (χ3n) is 2.36. The van der Waals surface area contributed by atoms with Crippen molar-refractivity contribution in [3.8, 4) is 0 Å². The maximum absolute atomic E-state index is 10.7. The minimum atomic E-state index is -1.57. The van der Waals surface area contributed by atoms with Gasteiger partial charge in [-0.2, -0.15) is 0 Å². The van der Waals surface area contributed by atoms with E-state index in [0.717, 1.165) is 5.56 Å². The van der Waals surface area contributed by atoms with Gasteiger partial charge in [-0.15, -0.1) is 0 Å². The lowest BCUT2D eigenvalue weighted by atomic mass is 9.87. The molecule has 0 radical (unpaired) electrons. The first kappa shape index (κ1) is 13.2. The lowest BCUT2D eigenvalue weighted by Crippen LogP contribution is -2.16. The fourth-order valence-corrected chi connectivity index (χ4v) is 1.31. The van der Waals surface area contributed by atoms with Crippen LogP contribution in [0.4, 0.5) is 0 Å². The molecule has 1 rings (SSSR count). The largest absolute Gasteiger partial charge is 0.473 e. The molecule has 4 heteroatoms. The standard InChI is InChI=1S/C13H16O4/c1-13(2,3)10-6-4-9(5-7-10)8-17-12(16)11(14)15/h4-7H,8H2,1-3H3,(H,14,15). The predicted molar refractivity (Wildman–Crippen MR) is 62.6 cm³/mol. The average molecular weight is 236 g/mol. The van der Waals surface area contributed by atoms with E-state index >= 15 is 0 Å². The second-order valence-electron chi connectivity index (χ2n) is 4.83. The highest BCUT2D eigenvalue weighted by Gasteiger charge is 2.14. The molecule has 1 N–H and O–H groups in total. The van der Waals surface area contributed by atoms with Crippen LogP contribution in [-0.4, -0.2) is 17.0 Å². The van der Waals surface area contributed by atoms with Gasteiger partial charge >= 0.3 is 11.9 Å². The minimum absolute atomic E-state index is 0.0183. The highest BCUT2D eigenvalue weighted by atomic mass is 16.6. The molecule has 0 bridgehead atoms. The van der Waals surface area contributed by atoms with Gasteiger partial charge in [-0.1, -0.05) is 45.0 Å². The van der Waals surface area contributed by atoms with Crippen molar-refractivity contribution in [1.29, 1.82) is 0 Å². The van der Waals surface area contributed by atoms with E-state index in [-0.39, 0.29) is 12.0 Å². The summed E-state index contributed by atoms with van der Waals surface area (Å²) < 4.78 is 4.58. The van der Waals surface area contributed by atoms with Crippen LogP contribution in [0.1, 0.15) is 31.9 Å². The number of rotatable bonds is 2. The van der Waals surface area contributed by atoms with E-state index in [2.05, 4.69) is 25.5 Å². The van der Waals surface area contributed by atoms with E-state index in [0.29, 0.717) is 0 Å². The molecule has 0 saturated heterocycles. The van der Waals surface area contributed by atoms with Gasteiger partial charge in [0, 0.05) is 0 Å². The Balaban J connectivity index is 2.63. The quantitative estimate of drug-likeness (QED) is 0.631. The van der Waals surface area contributed by atoms with Gasteiger partial charge in [0.1, 0.15) is 6.61 Å². The summed E-state index contributed by atoms with van der Waals surface area (Å²) in [5, 5.41) is 8.34. The van der Waals surface area contributed by atoms with Gasteiger partial charge in [-0.25, -0.2) is 9.59 Å². The zero-order valence-electron chi connectivity index (χ0n) is 10.2. The van der Waals surface area contributed by atoms with Gasteiger partial charge in [-0.05, 0) is 16.5 Å². The van der Waals surface area contributed by atoms with Gasteiger partial charge in [-0.3, -0.25) is 0 Å². The first-order valence-electron chi connectivity index (χ1n) is 5.30. The number of carboxylic acids is 1. The van der Waals surface area contributed by atoms with Crippen LogP contribution >= 0.6 is 0 Å². The van der Waals surface area contributed by atoms with Crippen LogP contribution < -0.4 is 0 Å². The number of carboxylic acid groups (broad SMARTS) is 1. The minimum Gasteiger partial charge on any atom is -0.473 e. The summed E-state index contributed by atoms with van der Waals surface area (Å²) in [7, 11) is 0. The molecule has 0 unspecified atom stereocenters. The van der Waals surface area contributed by atoms with E-state index < -0.39 is 11.9 Å². The Kier molecular flexibility index (Phi) is 3.89. The van der Waals surface area contributed by atoms with Gasteiger partial charge < -0.3 is 9.84 Å². The lowest BCUT2D eigenvalue weighted by Gasteiger charge is -2.19. The molecule has 0 spiro atoms. The third-order valence-corrected chi connectivity index (χ3v) is 2.36. The second-order valence-corrected chi connectivity index (χ2v) is 4.83. The van der Waals surface area contributed by atoms with Crippen molar-refractivity contribution in [1.82, 2.24) is 0 Å². The highest BCUT2D eigenvalue weighted by molar-refractivity contribution is 6.28. The number of esters is 1. The maximum atomic E-state index is 10.7. The van der Waals surface area contributed by atoms with Gasteiger partial charge in [0.05, 0.1) is 0 Å². The Morgan fingerprint density at radius 1 is 1.18 bits per heavy atom. The fourth-order valence-electron chi connectivity index (χ4n) is 1.31. The SMILES string of the molecule is CC(C)(C)c1ccc(COC(=O)C(=O)O)cc1. The maximum Gasteiger partial charge on any atom is 0.417 e. The molecule has 0 aliphatic rings. The fraction of sp³-hybridized carbons (Fsp3) is 0.385. The van der Waals surface area contributed by atoms with Gasteiger partial charge in [0.2, 0.25) is 0 Å². The number of hydrogen-bond acceptors (Lipinski definition) is 3. The van der Waals surface area contributed by atoms with Crippen molar-refractivity contribution in [2.75, 3.05) is 0 Å². The first-order valence-corrected chi connectivity index (χ1v) is 5.30. The van der Waals surface area contributed by atoms with Crippen LogP contribution in [0.25, 0.3) is 0 Å². The Labute approximate surface area is 100 Å². The molecular formula is C13H16O4. The zero-order valence-corrected chi connectivity index (χ0v) is 10.2. The normalized spacial score (nSPS) is 11.0. The van der Waals surface area contributed by atoms with Crippen LogP contribution in [0.3, 0.4) is 0 Å². The second kappa shape index (κ2) is 4.99. The molecule has 0 heterocycles. The summed E-state index contributed by atoms with van der Waals surface area (Å²) in [5.74, 6) is -2.80. The smallest absolute Gasteiger partial charge is 0.417 e. The van der Waals surface area contributed by atoms with Crippen molar-refractivity contribution in [3.63, 3.8) is 0 Å². The molecule has 0 aromatic heterocycles. The number of aliphatic carboxylic acids is 1. The molecule has 17 heavy (non-hydrogen) atoms. The van der Waals surface area contributed by atoms with Crippen LogP contribution in [-0.2, 0) is 26.3 Å². The summed E-state index contributed by atoms with van der Waals surface area (Å²) in [6.45, 7) is 6.29. The average Bonchev–Trinajstić information content (AvgIpc) is 2.25. The number of ether oxygens (including phenoxy) is 1. The van der Waals surface area contributed by atoms with Gasteiger partial charge in [0.25, 0.3) is 0 Å². The molecule has 1 aromatic rings. The zero-order chi connectivity index (χ0) is 13.1. The molecule has 1 aromatic carbocycles. The molecule has 4 nitrogen and oxygen atoms in total. The number of benzene rings is 1. The summed E-state index contributed by atoms with van der Waals surface area (Å²) >= 11 is 0. The van der Waals surface area contributed by atoms with Crippen LogP contribution in [0.2, 0.25) is 0 Å². The van der Waals surface area contributed by atoms with Crippen molar-refractivity contribution in [2.24, 2.45) is 0 Å². The van der Waals surface area contributed by atoms with Gasteiger partial charge in [0.15, 0.2) is 0 Å². The van der Waals surface area contributed by atoms with E-state index in [1.165, 1.54) is 5.56 Å². The molecule has 0 aliphatic heterocycles. The summed E-state index contributed by atoms with van der Waals surface area (Å²) in [6.07, 6.45) is 0. The summed E-state index contributed by atoms with van der Waals surface area (Å²) in [5.41, 5.74) is 2.01. The molecule has 0 atom stereocenters. The Hall–Kier alpha value is -1.84. The number of hydrogen-bond donors (Lipinski definition) is 1. The summed E-state index contributed by atoms with van der Waals surface area (Å²) in [4.78, 5) is 21.0. The molecule has 0 saturated carbocycles. The third kappa shape index (κ3) is 3.90. The number of carbonyl (C=O) groups excluding carboxylic acids is 1. The number of carbonyl (C=O) groups is 2. The van der Waals surface area contributed by atoms with Crippen LogP contribution in [0.5, 0.6) is 0 Å². The monoisotopic (exact) mass is 236 g/mol. The Bertz CT molecular complexity index is 412. The van der Waals surface area contributed by atoms with E-state index in [1.807, 2.05) is 24.3 Å². The van der Waals surface area contributed by atoms with Crippen molar-refractivity contribution in [3.05, 3.63) is 35.4 Å². The van der Waals surface area contributed by atoms with Crippen molar-refractivity contribution >= 4 is 11.9 Å². The Morgan fingerprint density at radius 2 is 1.71 bits per heavy atom. The van der Waals surface area contributed by atoms with Crippen molar-refractivity contribution in [2.45, 2.75) is 32.8 Å². The highest BCUT2D eigenvalue weighted by Crippen LogP contribution is 2.22. The molecule has 92 valence electrons. The van der Waals surface area contributed by atoms with Crippen molar-refractivity contribution < 1.29 is 19.4 Å². The molecule has 0 amide bonds. The first-order chi connectivity index (χ1) is 7.80. The lowest BCUT2D eigenvalue weighted by molar-refractivity contribution is -0.164. The van der Waals surface area contributed by atoms with E-state index in [1.54, 1.807) is 0 Å².